The van der Waals surface area contributed by atoms with Gasteiger partial charge in [0.25, 0.3) is 0 Å². The third kappa shape index (κ3) is 1.90. The third-order valence-corrected chi connectivity index (χ3v) is 4.06. The Kier molecular flexibility index (Phi) is 2.73. The zero-order valence-corrected chi connectivity index (χ0v) is 9.31. The molecule has 0 bridgehead atoms. The topological polar surface area (TPSA) is 20.2 Å². The van der Waals surface area contributed by atoms with Crippen LogP contribution in [-0.2, 0) is 5.41 Å². The van der Waals surface area contributed by atoms with E-state index in [0.29, 0.717) is 11.2 Å². The maximum Gasteiger partial charge on any atom is 0.115 e. The van der Waals surface area contributed by atoms with Gasteiger partial charge in [0.2, 0.25) is 0 Å². The molecule has 1 nitrogen and oxygen atoms in total. The summed E-state index contributed by atoms with van der Waals surface area (Å²) in [5.74, 6) is 2.78. The molecule has 1 aromatic rings. The Morgan fingerprint density at radius 3 is 2.79 bits per heavy atom. The van der Waals surface area contributed by atoms with Crippen LogP contribution in [0.4, 0.5) is 0 Å². The highest BCUT2D eigenvalue weighted by Crippen LogP contribution is 2.50. The van der Waals surface area contributed by atoms with Gasteiger partial charge < -0.3 is 5.11 Å². The summed E-state index contributed by atoms with van der Waals surface area (Å²) in [6, 6.07) is 7.75. The fraction of sp³-hybridized carbons (Fsp3) is 0.500. The first-order valence-electron chi connectivity index (χ1n) is 5.14. The van der Waals surface area contributed by atoms with E-state index in [4.69, 9.17) is 0 Å². The van der Waals surface area contributed by atoms with Gasteiger partial charge >= 0.3 is 0 Å². The first-order valence-corrected chi connectivity index (χ1v) is 6.29. The first-order chi connectivity index (χ1) is 6.77. The average molecular weight is 208 g/mol. The van der Waals surface area contributed by atoms with E-state index in [1.807, 2.05) is 23.9 Å². The zero-order valence-electron chi connectivity index (χ0n) is 8.49. The van der Waals surface area contributed by atoms with Gasteiger partial charge in [0.15, 0.2) is 0 Å². The number of benzene rings is 1. The normalized spacial score (nSPS) is 18.1. The molecule has 0 aromatic heterocycles. The van der Waals surface area contributed by atoms with E-state index in [-0.39, 0.29) is 0 Å². The summed E-state index contributed by atoms with van der Waals surface area (Å²) in [4.78, 5) is 0. The highest BCUT2D eigenvalue weighted by Gasteiger charge is 2.43. The average Bonchev–Trinajstić information content (AvgIpc) is 2.96. The molecule has 0 saturated heterocycles. The summed E-state index contributed by atoms with van der Waals surface area (Å²) >= 11 is 2.00. The van der Waals surface area contributed by atoms with Gasteiger partial charge in [-0.2, -0.15) is 11.8 Å². The van der Waals surface area contributed by atoms with Crippen LogP contribution in [0.1, 0.15) is 25.3 Å². The van der Waals surface area contributed by atoms with Crippen LogP contribution in [0, 0.1) is 0 Å². The van der Waals surface area contributed by atoms with Gasteiger partial charge in [-0.05, 0) is 36.3 Å². The Morgan fingerprint density at radius 1 is 1.43 bits per heavy atom. The Labute approximate surface area is 89.5 Å². The van der Waals surface area contributed by atoms with Gasteiger partial charge in [0.05, 0.1) is 0 Å². The molecule has 0 radical (unpaired) electrons. The lowest BCUT2D eigenvalue weighted by atomic mass is 9.98. The minimum absolute atomic E-state index is 0.388. The molecule has 14 heavy (non-hydrogen) atoms. The van der Waals surface area contributed by atoms with Gasteiger partial charge in [0, 0.05) is 11.2 Å². The maximum absolute atomic E-state index is 9.42. The van der Waals surface area contributed by atoms with Crippen molar-refractivity contribution < 1.29 is 5.11 Å². The Morgan fingerprint density at radius 2 is 2.21 bits per heavy atom. The van der Waals surface area contributed by atoms with E-state index in [2.05, 4.69) is 13.0 Å². The van der Waals surface area contributed by atoms with Crippen molar-refractivity contribution in [2.75, 3.05) is 11.5 Å². The summed E-state index contributed by atoms with van der Waals surface area (Å²) in [6.45, 7) is 2.20. The first kappa shape index (κ1) is 9.91. The molecule has 0 amide bonds. The van der Waals surface area contributed by atoms with Crippen LogP contribution in [0.3, 0.4) is 0 Å². The number of thioether (sulfide) groups is 1. The van der Waals surface area contributed by atoms with E-state index in [9.17, 15) is 5.11 Å². The van der Waals surface area contributed by atoms with Crippen molar-refractivity contribution in [3.63, 3.8) is 0 Å². The van der Waals surface area contributed by atoms with Crippen molar-refractivity contribution in [2.45, 2.75) is 25.2 Å². The summed E-state index contributed by atoms with van der Waals surface area (Å²) in [5, 5.41) is 9.42. The van der Waals surface area contributed by atoms with Crippen LogP contribution in [0.2, 0.25) is 0 Å². The Bertz CT molecular complexity index is 318. The van der Waals surface area contributed by atoms with E-state index in [1.54, 1.807) is 6.07 Å². The summed E-state index contributed by atoms with van der Waals surface area (Å²) in [6.07, 6.45) is 2.56. The van der Waals surface area contributed by atoms with Crippen molar-refractivity contribution in [3.05, 3.63) is 29.8 Å². The molecule has 0 heterocycles. The van der Waals surface area contributed by atoms with Gasteiger partial charge in [0.1, 0.15) is 5.75 Å². The molecule has 1 aliphatic carbocycles. The van der Waals surface area contributed by atoms with Crippen LogP contribution < -0.4 is 0 Å². The van der Waals surface area contributed by atoms with Crippen molar-refractivity contribution >= 4 is 11.8 Å². The molecule has 2 heteroatoms. The van der Waals surface area contributed by atoms with Gasteiger partial charge in [-0.1, -0.05) is 19.1 Å². The lowest BCUT2D eigenvalue weighted by molar-refractivity contribution is 0.473. The molecule has 0 unspecified atom stereocenters. The zero-order chi connectivity index (χ0) is 10.0. The predicted octanol–water partition coefficient (Wildman–Crippen LogP) is 3.18. The number of rotatable bonds is 4. The van der Waals surface area contributed by atoms with Crippen molar-refractivity contribution in [3.8, 4) is 5.75 Å². The highest BCUT2D eigenvalue weighted by molar-refractivity contribution is 7.99. The lowest BCUT2D eigenvalue weighted by Crippen LogP contribution is -2.09. The van der Waals surface area contributed by atoms with Crippen LogP contribution in [-0.4, -0.2) is 16.6 Å². The van der Waals surface area contributed by atoms with Crippen LogP contribution in [0.15, 0.2) is 24.3 Å². The number of aromatic hydroxyl groups is 1. The Hall–Kier alpha value is -0.630. The number of phenolic OH excluding ortho intramolecular Hbond substituents is 1. The van der Waals surface area contributed by atoms with Crippen molar-refractivity contribution in [2.24, 2.45) is 0 Å². The van der Waals surface area contributed by atoms with Crippen molar-refractivity contribution in [1.29, 1.82) is 0 Å². The number of phenols is 1. The monoisotopic (exact) mass is 208 g/mol. The van der Waals surface area contributed by atoms with Gasteiger partial charge in [-0.25, -0.2) is 0 Å². The maximum atomic E-state index is 9.42. The molecular weight excluding hydrogens is 192 g/mol. The molecular formula is C12H16OS. The van der Waals surface area contributed by atoms with E-state index in [0.717, 1.165) is 0 Å². The van der Waals surface area contributed by atoms with Crippen LogP contribution in [0.25, 0.3) is 0 Å². The molecule has 1 N–H and O–H groups in total. The quantitative estimate of drug-likeness (QED) is 0.820. The number of hydrogen-bond donors (Lipinski definition) is 1. The minimum atomic E-state index is 0.388. The van der Waals surface area contributed by atoms with Gasteiger partial charge in [-0.15, -0.1) is 0 Å². The molecule has 1 aromatic carbocycles. The van der Waals surface area contributed by atoms with E-state index in [1.165, 1.54) is 29.9 Å². The summed E-state index contributed by atoms with van der Waals surface area (Å²) in [5.41, 5.74) is 1.71. The lowest BCUT2D eigenvalue weighted by Gasteiger charge is -2.14. The second-order valence-electron chi connectivity index (χ2n) is 3.97. The molecule has 0 aliphatic heterocycles. The molecule has 0 spiro atoms. The fourth-order valence-electron chi connectivity index (χ4n) is 1.80. The molecule has 1 fully saturated rings. The van der Waals surface area contributed by atoms with Gasteiger partial charge in [-0.3, -0.25) is 0 Å². The molecule has 0 atom stereocenters. The highest BCUT2D eigenvalue weighted by atomic mass is 32.2. The fourth-order valence-corrected chi connectivity index (χ4v) is 2.85. The second kappa shape index (κ2) is 3.85. The molecule has 1 saturated carbocycles. The third-order valence-electron chi connectivity index (χ3n) is 2.89. The van der Waals surface area contributed by atoms with Crippen LogP contribution in [0.5, 0.6) is 5.75 Å². The van der Waals surface area contributed by atoms with Crippen LogP contribution >= 0.6 is 11.8 Å². The van der Waals surface area contributed by atoms with E-state index >= 15 is 0 Å². The smallest absolute Gasteiger partial charge is 0.115 e. The largest absolute Gasteiger partial charge is 0.508 e. The summed E-state index contributed by atoms with van der Waals surface area (Å²) in [7, 11) is 0. The minimum Gasteiger partial charge on any atom is -0.508 e. The van der Waals surface area contributed by atoms with Crippen molar-refractivity contribution in [1.82, 2.24) is 0 Å². The Balaban J connectivity index is 2.14. The molecule has 1 aliphatic rings. The number of hydrogen-bond acceptors (Lipinski definition) is 2. The predicted molar refractivity (Wildman–Crippen MR) is 62.0 cm³/mol. The van der Waals surface area contributed by atoms with E-state index < -0.39 is 0 Å². The molecule has 2 rings (SSSR count). The standard InChI is InChI=1S/C12H16OS/c1-2-14-9-12(6-7-12)10-4-3-5-11(13)8-10/h3-5,8,13H,2,6-7,9H2,1H3. The summed E-state index contributed by atoms with van der Waals surface area (Å²) < 4.78 is 0. The second-order valence-corrected chi connectivity index (χ2v) is 5.24. The molecule has 76 valence electrons. The SMILES string of the molecule is CCSCC1(c2cccc(O)c2)CC1.